The van der Waals surface area contributed by atoms with Crippen molar-refractivity contribution in [1.29, 1.82) is 0 Å². The summed E-state index contributed by atoms with van der Waals surface area (Å²) in [5, 5.41) is 0. The summed E-state index contributed by atoms with van der Waals surface area (Å²) in [4.78, 5) is 3.16. The van der Waals surface area contributed by atoms with Gasteiger partial charge in [0.2, 0.25) is 0 Å². The Kier molecular flexibility index (Phi) is 3.06. The van der Waals surface area contributed by atoms with E-state index >= 15 is 0 Å². The fraction of sp³-hybridized carbons (Fsp3) is 0.133. The van der Waals surface area contributed by atoms with E-state index in [2.05, 4.69) is 4.98 Å². The number of rotatable bonds is 2. The van der Waals surface area contributed by atoms with E-state index in [1.165, 1.54) is 19.2 Å². The quantitative estimate of drug-likeness (QED) is 0.718. The predicted octanol–water partition coefficient (Wildman–Crippen LogP) is 4.14. The molecule has 0 radical (unpaired) electrons. The molecule has 0 atom stereocenters. The maximum atomic E-state index is 13.3. The molecule has 102 valence electrons. The van der Waals surface area contributed by atoms with Crippen molar-refractivity contribution < 1.29 is 9.13 Å². The third-order valence-corrected chi connectivity index (χ3v) is 3.57. The number of H-pyrrole nitrogens is 1. The number of nitrogens with one attached hydrogen (secondary N) is 1. The summed E-state index contributed by atoms with van der Waals surface area (Å²) < 4.78 is 21.0. The molecule has 1 N–H and O–H groups in total. The summed E-state index contributed by atoms with van der Waals surface area (Å²) in [5.74, 6) is 0.110. The number of benzene rings is 2. The molecule has 1 heterocycles. The minimum absolute atomic E-state index is 0.339. The number of fused-ring (bicyclic) bond motifs is 1. The molecule has 2 aromatic carbocycles. The van der Waals surface area contributed by atoms with Crippen molar-refractivity contribution in [3.8, 4) is 11.4 Å². The third kappa shape index (κ3) is 1.91. The van der Waals surface area contributed by atoms with Gasteiger partial charge < -0.3 is 9.72 Å². The van der Waals surface area contributed by atoms with E-state index in [1.807, 2.05) is 29.7 Å². The first-order chi connectivity index (χ1) is 9.61. The second-order valence-electron chi connectivity index (χ2n) is 4.55. The lowest BCUT2D eigenvalue weighted by Crippen LogP contribution is -1.99. The Hall–Kier alpha value is -2.14. The van der Waals surface area contributed by atoms with Crippen LogP contribution in [-0.4, -0.2) is 16.7 Å². The lowest BCUT2D eigenvalue weighted by molar-refractivity contribution is 0.409. The van der Waals surface area contributed by atoms with E-state index in [0.717, 1.165) is 22.3 Å². The summed E-state index contributed by atoms with van der Waals surface area (Å²) in [5.41, 5.74) is 3.73. The highest BCUT2D eigenvalue weighted by atomic mass is 32.1. The summed E-state index contributed by atoms with van der Waals surface area (Å²) in [6.07, 6.45) is 0. The van der Waals surface area contributed by atoms with Crippen LogP contribution in [-0.2, 0) is 0 Å². The molecule has 1 aromatic heterocycles. The summed E-state index contributed by atoms with van der Waals surface area (Å²) in [7, 11) is 1.52. The lowest BCUT2D eigenvalue weighted by atomic mass is 10.2. The largest absolute Gasteiger partial charge is 0.494 e. The number of imidazole rings is 1. The van der Waals surface area contributed by atoms with Gasteiger partial charge in [0, 0.05) is 6.07 Å². The number of hydrogen-bond donors (Lipinski definition) is 1. The van der Waals surface area contributed by atoms with Gasteiger partial charge in [-0.1, -0.05) is 12.1 Å². The molecule has 3 nitrogen and oxygen atoms in total. The predicted molar refractivity (Wildman–Crippen MR) is 79.7 cm³/mol. The molecule has 0 saturated carbocycles. The van der Waals surface area contributed by atoms with Crippen LogP contribution >= 0.6 is 12.2 Å². The number of ether oxygens (including phenoxy) is 1. The average molecular weight is 288 g/mol. The van der Waals surface area contributed by atoms with Crippen LogP contribution in [0.1, 0.15) is 5.56 Å². The highest BCUT2D eigenvalue weighted by Crippen LogP contribution is 2.29. The molecule has 3 aromatic rings. The first kappa shape index (κ1) is 12.9. The third-order valence-electron chi connectivity index (χ3n) is 3.29. The number of hydrogen-bond acceptors (Lipinski definition) is 2. The minimum atomic E-state index is -0.339. The zero-order chi connectivity index (χ0) is 14.3. The van der Waals surface area contributed by atoms with Crippen molar-refractivity contribution in [2.75, 3.05) is 7.11 Å². The van der Waals surface area contributed by atoms with Crippen molar-refractivity contribution in [2.24, 2.45) is 0 Å². The van der Waals surface area contributed by atoms with Crippen LogP contribution < -0.4 is 4.74 Å². The Morgan fingerprint density at radius 3 is 2.80 bits per heavy atom. The molecule has 0 spiro atoms. The maximum absolute atomic E-state index is 13.3. The highest BCUT2D eigenvalue weighted by Gasteiger charge is 2.13. The lowest BCUT2D eigenvalue weighted by Gasteiger charge is -2.11. The number of aryl methyl sites for hydroxylation is 1. The number of nitrogens with zero attached hydrogens (tertiary/aromatic N) is 1. The van der Waals surface area contributed by atoms with E-state index in [4.69, 9.17) is 17.0 Å². The molecule has 0 amide bonds. The van der Waals surface area contributed by atoms with E-state index in [-0.39, 0.29) is 5.82 Å². The molecule has 5 heteroatoms. The molecule has 3 rings (SSSR count). The highest BCUT2D eigenvalue weighted by molar-refractivity contribution is 7.71. The van der Waals surface area contributed by atoms with Crippen molar-refractivity contribution in [2.45, 2.75) is 6.92 Å². The molecule has 20 heavy (non-hydrogen) atoms. The number of methoxy groups -OCH3 is 1. The van der Waals surface area contributed by atoms with Crippen molar-refractivity contribution in [1.82, 2.24) is 9.55 Å². The Balaban J connectivity index is 2.41. The second kappa shape index (κ2) is 4.76. The van der Waals surface area contributed by atoms with Gasteiger partial charge in [0.05, 0.1) is 23.8 Å². The number of para-hydroxylation sites is 1. The Morgan fingerprint density at radius 1 is 1.25 bits per heavy atom. The Labute approximate surface area is 120 Å². The van der Waals surface area contributed by atoms with Crippen LogP contribution in [0.3, 0.4) is 0 Å². The fourth-order valence-corrected chi connectivity index (χ4v) is 2.69. The van der Waals surface area contributed by atoms with Crippen molar-refractivity contribution in [3.05, 3.63) is 52.5 Å². The van der Waals surface area contributed by atoms with Gasteiger partial charge in [0.1, 0.15) is 11.6 Å². The number of aromatic nitrogens is 2. The zero-order valence-electron chi connectivity index (χ0n) is 11.1. The zero-order valence-corrected chi connectivity index (χ0v) is 11.9. The van der Waals surface area contributed by atoms with Crippen LogP contribution in [0, 0.1) is 17.5 Å². The molecular formula is C15H13FN2OS. The maximum Gasteiger partial charge on any atom is 0.182 e. The summed E-state index contributed by atoms with van der Waals surface area (Å²) in [6, 6.07) is 10.4. The Bertz CT molecular complexity index is 851. The van der Waals surface area contributed by atoms with Gasteiger partial charge in [-0.05, 0) is 42.9 Å². The Morgan fingerprint density at radius 2 is 2.05 bits per heavy atom. The average Bonchev–Trinajstić information content (AvgIpc) is 2.76. The first-order valence-electron chi connectivity index (χ1n) is 6.16. The fourth-order valence-electron chi connectivity index (χ4n) is 2.40. The van der Waals surface area contributed by atoms with E-state index in [9.17, 15) is 4.39 Å². The van der Waals surface area contributed by atoms with Gasteiger partial charge in [-0.3, -0.25) is 4.57 Å². The van der Waals surface area contributed by atoms with Gasteiger partial charge in [-0.15, -0.1) is 0 Å². The first-order valence-corrected chi connectivity index (χ1v) is 6.57. The molecular weight excluding hydrogens is 275 g/mol. The van der Waals surface area contributed by atoms with Gasteiger partial charge in [0.15, 0.2) is 4.77 Å². The number of halogens is 1. The molecule has 0 fully saturated rings. The summed E-state index contributed by atoms with van der Waals surface area (Å²) >= 11 is 5.39. The summed E-state index contributed by atoms with van der Waals surface area (Å²) in [6.45, 7) is 2.01. The monoisotopic (exact) mass is 288 g/mol. The van der Waals surface area contributed by atoms with Crippen molar-refractivity contribution in [3.63, 3.8) is 0 Å². The van der Waals surface area contributed by atoms with Crippen LogP contribution in [0.5, 0.6) is 5.75 Å². The molecule has 0 bridgehead atoms. The smallest absolute Gasteiger partial charge is 0.182 e. The van der Waals surface area contributed by atoms with Crippen LogP contribution in [0.15, 0.2) is 36.4 Å². The molecule has 0 aliphatic carbocycles. The van der Waals surface area contributed by atoms with E-state index < -0.39 is 0 Å². The number of aromatic amines is 1. The molecule has 0 saturated heterocycles. The van der Waals surface area contributed by atoms with Crippen molar-refractivity contribution >= 4 is 23.3 Å². The molecule has 0 aliphatic heterocycles. The molecule has 0 aliphatic rings. The van der Waals surface area contributed by atoms with E-state index in [1.54, 1.807) is 6.07 Å². The van der Waals surface area contributed by atoms with Gasteiger partial charge in [0.25, 0.3) is 0 Å². The van der Waals surface area contributed by atoms with Crippen LogP contribution in [0.25, 0.3) is 16.7 Å². The molecule has 0 unspecified atom stereocenters. The van der Waals surface area contributed by atoms with Crippen LogP contribution in [0.2, 0.25) is 0 Å². The topological polar surface area (TPSA) is 29.9 Å². The second-order valence-corrected chi connectivity index (χ2v) is 4.94. The van der Waals surface area contributed by atoms with E-state index in [0.29, 0.717) is 10.5 Å². The normalized spacial score (nSPS) is 10.9. The SMILES string of the molecule is COc1cc(F)ccc1-n1c(=S)[nH]c2cccc(C)c21. The van der Waals surface area contributed by atoms with Crippen LogP contribution in [0.4, 0.5) is 4.39 Å². The van der Waals surface area contributed by atoms with Gasteiger partial charge >= 0.3 is 0 Å². The van der Waals surface area contributed by atoms with Gasteiger partial charge in [-0.2, -0.15) is 0 Å². The van der Waals surface area contributed by atoms with Gasteiger partial charge in [-0.25, -0.2) is 4.39 Å². The standard InChI is InChI=1S/C15H13FN2OS/c1-9-4-3-5-11-14(9)18(15(20)17-11)12-7-6-10(16)8-13(12)19-2/h3-8H,1-2H3,(H,17,20). The minimum Gasteiger partial charge on any atom is -0.494 e.